The van der Waals surface area contributed by atoms with Crippen molar-refractivity contribution in [3.63, 3.8) is 0 Å². The molecule has 2 atom stereocenters. The highest BCUT2D eigenvalue weighted by Gasteiger charge is 2.34. The predicted molar refractivity (Wildman–Crippen MR) is 75.6 cm³/mol. The SMILES string of the molecule is O=C1CCC[C@@H]2NCCC[C@H]2N1Cc1cccc(F)c1. The van der Waals surface area contributed by atoms with Crippen LogP contribution < -0.4 is 5.32 Å². The van der Waals surface area contributed by atoms with Gasteiger partial charge in [-0.15, -0.1) is 0 Å². The fourth-order valence-corrected chi connectivity index (χ4v) is 3.44. The van der Waals surface area contributed by atoms with Crippen LogP contribution in [0.5, 0.6) is 0 Å². The number of hydrogen-bond donors (Lipinski definition) is 1. The molecule has 2 fully saturated rings. The standard InChI is InChI=1S/C16H21FN2O/c17-13-5-1-4-12(10-13)11-19-15-7-3-9-18-14(15)6-2-8-16(19)20/h1,4-5,10,14-15,18H,2-3,6-9,11H2/t14-,15+/m0/s1. The molecule has 1 N–H and O–H groups in total. The van der Waals surface area contributed by atoms with E-state index in [9.17, 15) is 9.18 Å². The first-order valence-corrected chi connectivity index (χ1v) is 7.51. The van der Waals surface area contributed by atoms with E-state index in [4.69, 9.17) is 0 Å². The summed E-state index contributed by atoms with van der Waals surface area (Å²) < 4.78 is 13.3. The highest BCUT2D eigenvalue weighted by molar-refractivity contribution is 5.77. The number of rotatable bonds is 2. The fourth-order valence-electron chi connectivity index (χ4n) is 3.44. The van der Waals surface area contributed by atoms with E-state index < -0.39 is 0 Å². The number of carbonyl (C=O) groups is 1. The first-order chi connectivity index (χ1) is 9.74. The quantitative estimate of drug-likeness (QED) is 0.900. The highest BCUT2D eigenvalue weighted by Crippen LogP contribution is 2.26. The molecule has 20 heavy (non-hydrogen) atoms. The van der Waals surface area contributed by atoms with Crippen LogP contribution in [0.4, 0.5) is 4.39 Å². The summed E-state index contributed by atoms with van der Waals surface area (Å²) in [6.07, 6.45) is 4.79. The number of benzene rings is 1. The molecule has 1 aromatic rings. The monoisotopic (exact) mass is 276 g/mol. The zero-order valence-corrected chi connectivity index (χ0v) is 11.6. The van der Waals surface area contributed by atoms with Gasteiger partial charge in [0.2, 0.25) is 5.91 Å². The van der Waals surface area contributed by atoms with Crippen LogP contribution in [-0.2, 0) is 11.3 Å². The minimum absolute atomic E-state index is 0.213. The van der Waals surface area contributed by atoms with Crippen molar-refractivity contribution in [3.8, 4) is 0 Å². The number of carbonyl (C=O) groups excluding carboxylic acids is 1. The van der Waals surface area contributed by atoms with Crippen LogP contribution in [0.2, 0.25) is 0 Å². The maximum Gasteiger partial charge on any atom is 0.223 e. The lowest BCUT2D eigenvalue weighted by molar-refractivity contribution is -0.134. The smallest absolute Gasteiger partial charge is 0.223 e. The summed E-state index contributed by atoms with van der Waals surface area (Å²) in [5.41, 5.74) is 0.879. The molecule has 3 nitrogen and oxygen atoms in total. The molecule has 3 rings (SSSR count). The Morgan fingerprint density at radius 1 is 1.30 bits per heavy atom. The number of amides is 1. The van der Waals surface area contributed by atoms with Crippen molar-refractivity contribution < 1.29 is 9.18 Å². The summed E-state index contributed by atoms with van der Waals surface area (Å²) in [6.45, 7) is 1.57. The van der Waals surface area contributed by atoms with Gasteiger partial charge in [-0.1, -0.05) is 12.1 Å². The van der Waals surface area contributed by atoms with Crippen molar-refractivity contribution in [2.45, 2.75) is 50.7 Å². The minimum Gasteiger partial charge on any atom is -0.334 e. The predicted octanol–water partition coefficient (Wildman–Crippen LogP) is 2.46. The van der Waals surface area contributed by atoms with Gasteiger partial charge in [0.05, 0.1) is 0 Å². The maximum absolute atomic E-state index is 13.3. The third kappa shape index (κ3) is 2.85. The van der Waals surface area contributed by atoms with Gasteiger partial charge in [0.15, 0.2) is 0 Å². The second kappa shape index (κ2) is 5.92. The molecular weight excluding hydrogens is 255 g/mol. The third-order valence-corrected chi connectivity index (χ3v) is 4.42. The Hall–Kier alpha value is -1.42. The van der Waals surface area contributed by atoms with Crippen LogP contribution in [0.3, 0.4) is 0 Å². The summed E-state index contributed by atoms with van der Waals surface area (Å²) in [4.78, 5) is 14.3. The van der Waals surface area contributed by atoms with Gasteiger partial charge in [-0.25, -0.2) is 4.39 Å². The minimum atomic E-state index is -0.233. The van der Waals surface area contributed by atoms with Gasteiger partial charge in [0, 0.05) is 25.0 Å². The van der Waals surface area contributed by atoms with Crippen molar-refractivity contribution in [3.05, 3.63) is 35.6 Å². The molecule has 0 spiro atoms. The number of fused-ring (bicyclic) bond motifs is 1. The van der Waals surface area contributed by atoms with Crippen LogP contribution >= 0.6 is 0 Å². The Morgan fingerprint density at radius 2 is 2.20 bits per heavy atom. The number of nitrogens with zero attached hydrogens (tertiary/aromatic N) is 1. The van der Waals surface area contributed by atoms with Crippen molar-refractivity contribution >= 4 is 5.91 Å². The summed E-state index contributed by atoms with van der Waals surface area (Å²) in [5.74, 6) is -0.0199. The molecule has 0 saturated carbocycles. The zero-order valence-electron chi connectivity index (χ0n) is 11.6. The van der Waals surface area contributed by atoms with Crippen molar-refractivity contribution in [2.24, 2.45) is 0 Å². The first-order valence-electron chi connectivity index (χ1n) is 7.51. The number of hydrogen-bond acceptors (Lipinski definition) is 2. The van der Waals surface area contributed by atoms with Crippen molar-refractivity contribution in [1.82, 2.24) is 10.2 Å². The molecule has 2 saturated heterocycles. The van der Waals surface area contributed by atoms with Crippen molar-refractivity contribution in [1.29, 1.82) is 0 Å². The Bertz CT molecular complexity index is 491. The molecule has 2 aliphatic rings. The van der Waals surface area contributed by atoms with E-state index in [1.807, 2.05) is 11.0 Å². The van der Waals surface area contributed by atoms with Gasteiger partial charge in [-0.05, 0) is 49.9 Å². The number of nitrogens with one attached hydrogen (secondary N) is 1. The van der Waals surface area contributed by atoms with E-state index in [0.29, 0.717) is 19.0 Å². The fraction of sp³-hybridized carbons (Fsp3) is 0.562. The lowest BCUT2D eigenvalue weighted by atomic mass is 9.94. The number of likely N-dealkylation sites (tertiary alicyclic amines) is 1. The largest absolute Gasteiger partial charge is 0.334 e. The molecular formula is C16H21FN2O. The van der Waals surface area contributed by atoms with Gasteiger partial charge < -0.3 is 10.2 Å². The molecule has 108 valence electrons. The third-order valence-electron chi connectivity index (χ3n) is 4.42. The van der Waals surface area contributed by atoms with Crippen LogP contribution in [0.25, 0.3) is 0 Å². The molecule has 2 aliphatic heterocycles. The molecule has 1 amide bonds. The van der Waals surface area contributed by atoms with Crippen molar-refractivity contribution in [2.75, 3.05) is 6.54 Å². The van der Waals surface area contributed by atoms with Crippen LogP contribution in [0.1, 0.15) is 37.7 Å². The topological polar surface area (TPSA) is 32.3 Å². The van der Waals surface area contributed by atoms with E-state index in [1.54, 1.807) is 6.07 Å². The van der Waals surface area contributed by atoms with Gasteiger partial charge in [-0.2, -0.15) is 0 Å². The maximum atomic E-state index is 13.3. The highest BCUT2D eigenvalue weighted by atomic mass is 19.1. The molecule has 0 unspecified atom stereocenters. The summed E-state index contributed by atoms with van der Waals surface area (Å²) >= 11 is 0. The molecule has 1 aromatic carbocycles. The summed E-state index contributed by atoms with van der Waals surface area (Å²) in [6, 6.07) is 7.25. The van der Waals surface area contributed by atoms with E-state index in [1.165, 1.54) is 12.1 Å². The average Bonchev–Trinajstić information content (AvgIpc) is 2.59. The second-order valence-corrected chi connectivity index (χ2v) is 5.81. The number of piperidine rings is 1. The second-order valence-electron chi connectivity index (χ2n) is 5.81. The van der Waals surface area contributed by atoms with Gasteiger partial charge in [0.1, 0.15) is 5.82 Å². The Morgan fingerprint density at radius 3 is 3.05 bits per heavy atom. The average molecular weight is 276 g/mol. The molecule has 0 bridgehead atoms. The van der Waals surface area contributed by atoms with Crippen LogP contribution in [0.15, 0.2) is 24.3 Å². The molecule has 2 heterocycles. The molecule has 0 radical (unpaired) electrons. The zero-order chi connectivity index (χ0) is 13.9. The van der Waals surface area contributed by atoms with Crippen LogP contribution in [-0.4, -0.2) is 29.4 Å². The normalized spacial score (nSPS) is 27.1. The first kappa shape index (κ1) is 13.6. The lowest BCUT2D eigenvalue weighted by Crippen LogP contribution is -2.53. The molecule has 0 aliphatic carbocycles. The van der Waals surface area contributed by atoms with E-state index in [2.05, 4.69) is 5.32 Å². The number of halogens is 1. The van der Waals surface area contributed by atoms with Gasteiger partial charge >= 0.3 is 0 Å². The molecule has 4 heteroatoms. The van der Waals surface area contributed by atoms with Gasteiger partial charge in [0.25, 0.3) is 0 Å². The van der Waals surface area contributed by atoms with Gasteiger partial charge in [-0.3, -0.25) is 4.79 Å². The van der Waals surface area contributed by atoms with E-state index in [-0.39, 0.29) is 17.8 Å². The Balaban J connectivity index is 1.81. The lowest BCUT2D eigenvalue weighted by Gasteiger charge is -2.39. The Kier molecular flexibility index (Phi) is 4.01. The van der Waals surface area contributed by atoms with Crippen LogP contribution in [0, 0.1) is 5.82 Å². The summed E-state index contributed by atoms with van der Waals surface area (Å²) in [5, 5.41) is 3.54. The molecule has 0 aromatic heterocycles. The van der Waals surface area contributed by atoms with E-state index in [0.717, 1.165) is 37.8 Å². The summed E-state index contributed by atoms with van der Waals surface area (Å²) in [7, 11) is 0. The Labute approximate surface area is 119 Å². The van der Waals surface area contributed by atoms with E-state index >= 15 is 0 Å².